The second-order valence-electron chi connectivity index (χ2n) is 8.41. The molecule has 0 spiro atoms. The molecule has 24 heavy (non-hydrogen) atoms. The Morgan fingerprint density at radius 3 is 2.29 bits per heavy atom. The lowest BCUT2D eigenvalue weighted by Crippen LogP contribution is -2.39. The lowest BCUT2D eigenvalue weighted by atomic mass is 9.80. The Balaban J connectivity index is 2.02. The summed E-state index contributed by atoms with van der Waals surface area (Å²) in [6.07, 6.45) is 18.2. The summed E-state index contributed by atoms with van der Waals surface area (Å²) in [6.45, 7) is 11.8. The fraction of sp³-hybridized carbons (Fsp3) is 0.842. The minimum atomic E-state index is -1.08. The van der Waals surface area contributed by atoms with Crippen LogP contribution >= 0.6 is 22.9 Å². The van der Waals surface area contributed by atoms with Gasteiger partial charge in [-0.2, -0.15) is 0 Å². The Kier molecular flexibility index (Phi) is 6.89. The van der Waals surface area contributed by atoms with E-state index in [2.05, 4.69) is 46.6 Å². The van der Waals surface area contributed by atoms with E-state index in [1.807, 2.05) is 6.92 Å². The van der Waals surface area contributed by atoms with E-state index in [1.165, 1.54) is 24.9 Å². The number of rotatable bonds is 9. The van der Waals surface area contributed by atoms with Crippen LogP contribution in [0.2, 0.25) is 0 Å². The fourth-order valence-electron chi connectivity index (χ4n) is 4.69. The van der Waals surface area contributed by atoms with E-state index in [1.54, 1.807) is 0 Å². The first kappa shape index (κ1) is 21.1. The van der Waals surface area contributed by atoms with E-state index in [0.29, 0.717) is 23.2 Å². The first-order chi connectivity index (χ1) is 11.1. The number of aliphatic hydroxyl groups is 1. The maximum absolute atomic E-state index is 10.8. The second kappa shape index (κ2) is 7.82. The number of fused-ring (bicyclic) bond motifs is 1. The van der Waals surface area contributed by atoms with Crippen molar-refractivity contribution in [2.45, 2.75) is 52.0 Å². The van der Waals surface area contributed by atoms with Gasteiger partial charge in [0.2, 0.25) is 0 Å². The van der Waals surface area contributed by atoms with Crippen LogP contribution in [0.1, 0.15) is 41.0 Å². The van der Waals surface area contributed by atoms with E-state index in [0.717, 1.165) is 6.61 Å². The highest BCUT2D eigenvalue weighted by molar-refractivity contribution is 7.73. The van der Waals surface area contributed by atoms with Crippen molar-refractivity contribution in [3.8, 4) is 0 Å². The standard InChI is InChI=1S/C19H39O2P3/c1-9-22(6)12-17(23(7)10-2)24(8)21-13-19-11-16(19)14(3)18(5,20)15(19)4/h14-17,20,22-24H,6-13H2,1-5H3/t14-,15+,16?,17?,18+,19-/m1/s1. The smallest absolute Gasteiger partial charge is 0.0679 e. The Hall–Kier alpha value is 0.820. The largest absolute Gasteiger partial charge is 0.390 e. The third-order valence-electron chi connectivity index (χ3n) is 7.30. The van der Waals surface area contributed by atoms with Gasteiger partial charge in [0, 0.05) is 10.8 Å². The summed E-state index contributed by atoms with van der Waals surface area (Å²) in [5.41, 5.74) is -0.333. The molecule has 0 aromatic heterocycles. The van der Waals surface area contributed by atoms with Crippen molar-refractivity contribution in [2.24, 2.45) is 23.2 Å². The molecule has 0 aromatic carbocycles. The van der Waals surface area contributed by atoms with Gasteiger partial charge in [0.05, 0.1) is 12.2 Å². The molecule has 2 rings (SSSR count). The Bertz CT molecular complexity index is 543. The molecular formula is C19H39O2P3. The van der Waals surface area contributed by atoms with Crippen molar-refractivity contribution >= 4 is 41.8 Å². The lowest BCUT2D eigenvalue weighted by Gasteiger charge is -2.34. The van der Waals surface area contributed by atoms with Crippen molar-refractivity contribution < 1.29 is 9.63 Å². The zero-order valence-corrected chi connectivity index (χ0v) is 19.3. The highest BCUT2D eigenvalue weighted by Gasteiger charge is 2.71. The van der Waals surface area contributed by atoms with Crippen molar-refractivity contribution in [1.29, 1.82) is 0 Å². The van der Waals surface area contributed by atoms with E-state index >= 15 is 0 Å². The molecular weight excluding hydrogens is 353 g/mol. The molecule has 0 amide bonds. The van der Waals surface area contributed by atoms with Gasteiger partial charge in [-0.05, 0) is 57.4 Å². The average molecular weight is 392 g/mol. The van der Waals surface area contributed by atoms with Crippen molar-refractivity contribution in [3.63, 3.8) is 0 Å². The van der Waals surface area contributed by atoms with E-state index in [9.17, 15) is 5.11 Å². The van der Waals surface area contributed by atoms with Crippen LogP contribution in [0.15, 0.2) is 0 Å². The van der Waals surface area contributed by atoms with Crippen molar-refractivity contribution in [2.75, 3.05) is 25.1 Å². The molecule has 0 bridgehead atoms. The lowest BCUT2D eigenvalue weighted by molar-refractivity contribution is -0.0380. The molecule has 5 unspecified atom stereocenters. The summed E-state index contributed by atoms with van der Waals surface area (Å²) < 4.78 is 6.47. The summed E-state index contributed by atoms with van der Waals surface area (Å²) in [5, 5.41) is 11.4. The van der Waals surface area contributed by atoms with Gasteiger partial charge in [0.1, 0.15) is 0 Å². The molecule has 5 heteroatoms. The van der Waals surface area contributed by atoms with Crippen LogP contribution in [0, 0.1) is 23.2 Å². The van der Waals surface area contributed by atoms with Crippen LogP contribution in [0.4, 0.5) is 0 Å². The molecule has 0 aliphatic heterocycles. The van der Waals surface area contributed by atoms with E-state index in [4.69, 9.17) is 4.52 Å². The van der Waals surface area contributed by atoms with Gasteiger partial charge in [0.15, 0.2) is 0 Å². The minimum absolute atomic E-state index is 0.213. The zero-order valence-electron chi connectivity index (χ0n) is 16.3. The molecule has 0 saturated heterocycles. The van der Waals surface area contributed by atoms with Gasteiger partial charge in [-0.25, -0.2) is 0 Å². The van der Waals surface area contributed by atoms with Crippen LogP contribution in [-0.2, 0) is 4.52 Å². The van der Waals surface area contributed by atoms with E-state index in [-0.39, 0.29) is 5.41 Å². The third-order valence-corrected chi connectivity index (χ3v) is 15.9. The molecule has 0 heterocycles. The summed E-state index contributed by atoms with van der Waals surface area (Å²) in [4.78, 5) is 0. The zero-order chi connectivity index (χ0) is 18.3. The molecule has 142 valence electrons. The van der Waals surface area contributed by atoms with Crippen LogP contribution in [0.5, 0.6) is 0 Å². The Morgan fingerprint density at radius 2 is 1.83 bits per heavy atom. The maximum Gasteiger partial charge on any atom is 0.0679 e. The minimum Gasteiger partial charge on any atom is -0.390 e. The van der Waals surface area contributed by atoms with Crippen LogP contribution in [0.3, 0.4) is 0 Å². The number of hydrogen-bond donors (Lipinski definition) is 1. The van der Waals surface area contributed by atoms with Crippen LogP contribution in [0.25, 0.3) is 0 Å². The molecule has 2 nitrogen and oxygen atoms in total. The van der Waals surface area contributed by atoms with Gasteiger partial charge in [-0.15, -0.1) is 27.7 Å². The normalized spacial score (nSPS) is 43.0. The number of hydrogen-bond acceptors (Lipinski definition) is 2. The highest BCUT2D eigenvalue weighted by atomic mass is 31.2. The summed E-state index contributed by atoms with van der Waals surface area (Å²) >= 11 is 0. The van der Waals surface area contributed by atoms with Gasteiger partial charge < -0.3 is 9.63 Å². The van der Waals surface area contributed by atoms with Gasteiger partial charge in [-0.1, -0.05) is 34.0 Å². The SMILES string of the molecule is C=[PH](CC)CC([PH](=C)CC)[PH](=C)OC[C@@]12CC1[C@@H](C)[C@](C)(O)[C@@H]2C. The van der Waals surface area contributed by atoms with Crippen LogP contribution < -0.4 is 0 Å². The van der Waals surface area contributed by atoms with Gasteiger partial charge >= 0.3 is 0 Å². The molecule has 2 aliphatic rings. The molecule has 2 aliphatic carbocycles. The summed E-state index contributed by atoms with van der Waals surface area (Å²) in [6, 6.07) is 0. The summed E-state index contributed by atoms with van der Waals surface area (Å²) in [7, 11) is -2.21. The first-order valence-electron chi connectivity index (χ1n) is 9.50. The van der Waals surface area contributed by atoms with Crippen molar-refractivity contribution in [1.82, 2.24) is 0 Å². The molecule has 0 radical (unpaired) electrons. The predicted molar refractivity (Wildman–Crippen MR) is 121 cm³/mol. The second-order valence-corrected chi connectivity index (χ2v) is 16.2. The van der Waals surface area contributed by atoms with E-state index < -0.39 is 28.5 Å². The van der Waals surface area contributed by atoms with Gasteiger partial charge in [0.25, 0.3) is 0 Å². The fourth-order valence-corrected chi connectivity index (χ4v) is 13.2. The van der Waals surface area contributed by atoms with Crippen LogP contribution in [-0.4, -0.2) is 60.1 Å². The highest BCUT2D eigenvalue weighted by Crippen LogP contribution is 2.72. The average Bonchev–Trinajstić information content (AvgIpc) is 3.27. The molecule has 9 atom stereocenters. The predicted octanol–water partition coefficient (Wildman–Crippen LogP) is 4.27. The Labute approximate surface area is 152 Å². The molecule has 1 N–H and O–H groups in total. The Morgan fingerprint density at radius 1 is 1.21 bits per heavy atom. The molecule has 0 aromatic rings. The molecule has 2 fully saturated rings. The monoisotopic (exact) mass is 392 g/mol. The topological polar surface area (TPSA) is 29.5 Å². The quantitative estimate of drug-likeness (QED) is 0.594. The van der Waals surface area contributed by atoms with Crippen molar-refractivity contribution in [3.05, 3.63) is 0 Å². The summed E-state index contributed by atoms with van der Waals surface area (Å²) in [5.74, 6) is 1.33. The van der Waals surface area contributed by atoms with Gasteiger partial charge in [-0.3, -0.25) is 0 Å². The first-order valence-corrected chi connectivity index (χ1v) is 15.3. The maximum atomic E-state index is 10.8. The molecule has 2 saturated carbocycles. The third kappa shape index (κ3) is 3.75.